The molecule has 4 aromatic rings. The molecule has 3 aliphatic rings. The van der Waals surface area contributed by atoms with Crippen molar-refractivity contribution in [1.82, 2.24) is 0 Å². The first-order valence-corrected chi connectivity index (χ1v) is 13.8. The van der Waals surface area contributed by atoms with Crippen LogP contribution in [0.2, 0.25) is 0 Å². The van der Waals surface area contributed by atoms with Crippen molar-refractivity contribution >= 4 is 17.1 Å². The fraction of sp³-hybridized carbons (Fsp3) is 0.314. The quantitative estimate of drug-likeness (QED) is 0.253. The van der Waals surface area contributed by atoms with Gasteiger partial charge in [-0.15, -0.1) is 0 Å². The molecule has 2 nitrogen and oxygen atoms in total. The van der Waals surface area contributed by atoms with Crippen LogP contribution in [0, 0.1) is 0 Å². The number of fused-ring (bicyclic) bond motifs is 6. The van der Waals surface area contributed by atoms with Gasteiger partial charge in [-0.1, -0.05) is 68.3 Å². The molecule has 0 bridgehead atoms. The predicted molar refractivity (Wildman–Crippen MR) is 157 cm³/mol. The van der Waals surface area contributed by atoms with Gasteiger partial charge in [-0.05, 0) is 102 Å². The Morgan fingerprint density at radius 1 is 0.703 bits per heavy atom. The summed E-state index contributed by atoms with van der Waals surface area (Å²) in [6, 6.07) is 32.4. The smallest absolute Gasteiger partial charge is 0.0517 e. The van der Waals surface area contributed by atoms with Gasteiger partial charge in [0, 0.05) is 36.6 Å². The van der Waals surface area contributed by atoms with E-state index in [1.165, 1.54) is 81.7 Å². The van der Waals surface area contributed by atoms with Crippen LogP contribution in [0.3, 0.4) is 0 Å². The average Bonchev–Trinajstić information content (AvgIpc) is 3.38. The molecule has 0 saturated heterocycles. The van der Waals surface area contributed by atoms with Crippen LogP contribution in [0.1, 0.15) is 56.2 Å². The third-order valence-electron chi connectivity index (χ3n) is 9.86. The van der Waals surface area contributed by atoms with Crippen LogP contribution in [0.4, 0.5) is 17.1 Å². The predicted octanol–water partition coefficient (Wildman–Crippen LogP) is 8.73. The fourth-order valence-corrected chi connectivity index (χ4v) is 7.54. The molecule has 0 spiro atoms. The van der Waals surface area contributed by atoms with Gasteiger partial charge in [-0.2, -0.15) is 0 Å². The van der Waals surface area contributed by atoms with Gasteiger partial charge in [0.25, 0.3) is 0 Å². The molecule has 1 aliphatic heterocycles. The zero-order valence-corrected chi connectivity index (χ0v) is 22.5. The van der Waals surface area contributed by atoms with E-state index in [1.807, 2.05) is 0 Å². The molecule has 2 aliphatic carbocycles. The normalized spacial score (nSPS) is 23.3. The monoisotopic (exact) mass is 484 g/mol. The number of nitrogens with zero attached hydrogens (tertiary/aromatic N) is 2. The van der Waals surface area contributed by atoms with Crippen LogP contribution in [0.25, 0.3) is 22.3 Å². The van der Waals surface area contributed by atoms with Crippen LogP contribution in [0.5, 0.6) is 0 Å². The van der Waals surface area contributed by atoms with E-state index >= 15 is 0 Å². The summed E-state index contributed by atoms with van der Waals surface area (Å²) >= 11 is 0. The second-order valence-electron chi connectivity index (χ2n) is 12.0. The number of hydrogen-bond acceptors (Lipinski definition) is 2. The number of benzene rings is 4. The molecule has 7 rings (SSSR count). The highest BCUT2D eigenvalue weighted by Crippen LogP contribution is 2.61. The lowest BCUT2D eigenvalue weighted by molar-refractivity contribution is 0.195. The zero-order chi connectivity index (χ0) is 25.4. The molecular formula is C35H36N2. The molecule has 0 N–H and O–H groups in total. The number of rotatable bonds is 3. The first-order chi connectivity index (χ1) is 17.9. The standard InChI is InChI=1S/C35H36N2/c1-34-19-7-8-20-35(34,2)37(29-15-13-28(14-16-29)36(3)4)33-18-12-25(23-32(33)34)24-11-17-31-27(21-24)22-26-9-5-6-10-30(26)31/h5-6,9-18,21,23H,7-8,19-20,22H2,1-4H3. The van der Waals surface area contributed by atoms with Crippen LogP contribution in [0.15, 0.2) is 84.9 Å². The summed E-state index contributed by atoms with van der Waals surface area (Å²) in [5.74, 6) is 0. The maximum Gasteiger partial charge on any atom is 0.0517 e. The summed E-state index contributed by atoms with van der Waals surface area (Å²) in [6.07, 6.45) is 6.10. The van der Waals surface area contributed by atoms with Crippen molar-refractivity contribution < 1.29 is 0 Å². The molecule has 0 amide bonds. The van der Waals surface area contributed by atoms with Gasteiger partial charge in [0.15, 0.2) is 0 Å². The van der Waals surface area contributed by atoms with Crippen molar-refractivity contribution in [1.29, 1.82) is 0 Å². The lowest BCUT2D eigenvalue weighted by atomic mass is 9.61. The molecule has 2 heteroatoms. The van der Waals surface area contributed by atoms with Crippen molar-refractivity contribution in [2.45, 2.75) is 56.9 Å². The highest BCUT2D eigenvalue weighted by molar-refractivity contribution is 5.83. The Balaban J connectivity index is 1.33. The summed E-state index contributed by atoms with van der Waals surface area (Å²) < 4.78 is 0. The van der Waals surface area contributed by atoms with Gasteiger partial charge in [0.2, 0.25) is 0 Å². The van der Waals surface area contributed by atoms with Gasteiger partial charge in [-0.25, -0.2) is 0 Å². The van der Waals surface area contributed by atoms with Gasteiger partial charge in [0.1, 0.15) is 0 Å². The first kappa shape index (κ1) is 22.7. The Hall–Kier alpha value is -3.52. The van der Waals surface area contributed by atoms with Crippen molar-refractivity contribution in [2.75, 3.05) is 23.9 Å². The second kappa shape index (κ2) is 7.99. The highest BCUT2D eigenvalue weighted by Gasteiger charge is 2.57. The SMILES string of the molecule is CN(C)c1ccc(N2c3ccc(-c4ccc5c(c4)Cc4ccccc4-5)cc3C3(C)CCCCC23C)cc1. The third-order valence-corrected chi connectivity index (χ3v) is 9.86. The van der Waals surface area contributed by atoms with E-state index in [0.717, 1.165) is 6.42 Å². The Kier molecular flexibility index (Phi) is 4.89. The minimum Gasteiger partial charge on any atom is -0.378 e. The van der Waals surface area contributed by atoms with E-state index in [4.69, 9.17) is 0 Å². The molecule has 186 valence electrons. The van der Waals surface area contributed by atoms with Crippen LogP contribution >= 0.6 is 0 Å². The molecule has 1 fully saturated rings. The minimum absolute atomic E-state index is 0.0748. The molecule has 2 unspecified atom stereocenters. The lowest BCUT2D eigenvalue weighted by Crippen LogP contribution is -2.54. The fourth-order valence-electron chi connectivity index (χ4n) is 7.54. The van der Waals surface area contributed by atoms with Gasteiger partial charge < -0.3 is 9.80 Å². The molecule has 2 atom stereocenters. The Labute approximate surface area is 221 Å². The van der Waals surface area contributed by atoms with Crippen LogP contribution in [-0.4, -0.2) is 19.6 Å². The van der Waals surface area contributed by atoms with Gasteiger partial charge in [0.05, 0.1) is 5.54 Å². The maximum atomic E-state index is 2.67. The minimum atomic E-state index is 0.0748. The summed E-state index contributed by atoms with van der Waals surface area (Å²) in [6.45, 7) is 5.04. The maximum absolute atomic E-state index is 2.67. The third kappa shape index (κ3) is 3.18. The molecule has 0 radical (unpaired) electrons. The van der Waals surface area contributed by atoms with E-state index in [0.29, 0.717) is 0 Å². The van der Waals surface area contributed by atoms with Crippen molar-refractivity contribution in [3.63, 3.8) is 0 Å². The summed E-state index contributed by atoms with van der Waals surface area (Å²) in [7, 11) is 4.22. The van der Waals surface area contributed by atoms with E-state index in [9.17, 15) is 0 Å². The first-order valence-electron chi connectivity index (χ1n) is 13.8. The Morgan fingerprint density at radius 2 is 1.41 bits per heavy atom. The number of anilines is 3. The zero-order valence-electron chi connectivity index (χ0n) is 22.5. The van der Waals surface area contributed by atoms with E-state index in [1.54, 1.807) is 0 Å². The molecule has 4 aromatic carbocycles. The van der Waals surface area contributed by atoms with E-state index in [2.05, 4.69) is 123 Å². The van der Waals surface area contributed by atoms with E-state index in [-0.39, 0.29) is 11.0 Å². The van der Waals surface area contributed by atoms with Gasteiger partial charge >= 0.3 is 0 Å². The number of hydrogen-bond donors (Lipinski definition) is 0. The largest absolute Gasteiger partial charge is 0.378 e. The summed E-state index contributed by atoms with van der Waals surface area (Å²) in [4.78, 5) is 4.85. The Morgan fingerprint density at radius 3 is 2.22 bits per heavy atom. The molecule has 1 saturated carbocycles. The van der Waals surface area contributed by atoms with Crippen molar-refractivity contribution in [3.8, 4) is 22.3 Å². The van der Waals surface area contributed by atoms with Crippen LogP contribution < -0.4 is 9.80 Å². The highest BCUT2D eigenvalue weighted by atomic mass is 15.3. The molecule has 1 heterocycles. The summed E-state index contributed by atoms with van der Waals surface area (Å²) in [5, 5.41) is 0. The van der Waals surface area contributed by atoms with Crippen molar-refractivity contribution in [2.24, 2.45) is 0 Å². The molecule has 37 heavy (non-hydrogen) atoms. The molecular weight excluding hydrogens is 448 g/mol. The topological polar surface area (TPSA) is 6.48 Å². The lowest BCUT2D eigenvalue weighted by Gasteiger charge is -2.50. The van der Waals surface area contributed by atoms with Crippen LogP contribution in [-0.2, 0) is 11.8 Å². The molecule has 0 aromatic heterocycles. The second-order valence-corrected chi connectivity index (χ2v) is 12.0. The van der Waals surface area contributed by atoms with Gasteiger partial charge in [-0.3, -0.25) is 0 Å². The average molecular weight is 485 g/mol. The van der Waals surface area contributed by atoms with E-state index < -0.39 is 0 Å². The Bertz CT molecular complexity index is 1520. The summed E-state index contributed by atoms with van der Waals surface area (Å²) in [5.41, 5.74) is 14.1. The van der Waals surface area contributed by atoms with Crippen molar-refractivity contribution in [3.05, 3.63) is 102 Å².